The molecule has 1 aromatic rings. The summed E-state index contributed by atoms with van der Waals surface area (Å²) in [7, 11) is 0. The normalized spacial score (nSPS) is 21.4. The van der Waals surface area contributed by atoms with Crippen LogP contribution in [0.15, 0.2) is 24.3 Å². The van der Waals surface area contributed by atoms with E-state index in [-0.39, 0.29) is 13.2 Å². The van der Waals surface area contributed by atoms with Gasteiger partial charge in [0.2, 0.25) is 0 Å². The van der Waals surface area contributed by atoms with Crippen molar-refractivity contribution < 1.29 is 19.1 Å². The van der Waals surface area contributed by atoms with Crippen LogP contribution in [-0.2, 0) is 19.9 Å². The molecule has 1 aliphatic heterocycles. The summed E-state index contributed by atoms with van der Waals surface area (Å²) >= 11 is 0. The third-order valence-electron chi connectivity index (χ3n) is 3.50. The molecule has 0 bridgehead atoms. The maximum atomic E-state index is 12.5. The van der Waals surface area contributed by atoms with E-state index < -0.39 is 23.4 Å². The van der Waals surface area contributed by atoms with Crippen LogP contribution in [0.4, 0.5) is 4.79 Å². The van der Waals surface area contributed by atoms with E-state index >= 15 is 0 Å². The van der Waals surface area contributed by atoms with Crippen LogP contribution in [0.5, 0.6) is 0 Å². The number of amides is 3. The zero-order valence-electron chi connectivity index (χ0n) is 12.3. The number of nitrogens with one attached hydrogen (secondary N) is 1. The summed E-state index contributed by atoms with van der Waals surface area (Å²) in [4.78, 5) is 36.8. The quantitative estimate of drug-likeness (QED) is 0.670. The smallest absolute Gasteiger partial charge is 0.326 e. The van der Waals surface area contributed by atoms with Crippen LogP contribution >= 0.6 is 0 Å². The molecule has 2 rings (SSSR count). The molecule has 0 aliphatic carbocycles. The number of carbonyl (C=O) groups is 3. The summed E-state index contributed by atoms with van der Waals surface area (Å²) in [5, 5.41) is 2.64. The highest BCUT2D eigenvalue weighted by molar-refractivity contribution is 6.08. The Labute approximate surface area is 123 Å². The van der Waals surface area contributed by atoms with E-state index in [1.807, 2.05) is 19.1 Å². The Morgan fingerprint density at radius 2 is 1.90 bits per heavy atom. The Morgan fingerprint density at radius 3 is 2.48 bits per heavy atom. The van der Waals surface area contributed by atoms with Gasteiger partial charge in [0.15, 0.2) is 0 Å². The van der Waals surface area contributed by atoms with Gasteiger partial charge in [0.25, 0.3) is 5.91 Å². The maximum absolute atomic E-state index is 12.5. The largest absolute Gasteiger partial charge is 0.465 e. The zero-order valence-corrected chi connectivity index (χ0v) is 12.3. The maximum Gasteiger partial charge on any atom is 0.326 e. The van der Waals surface area contributed by atoms with Gasteiger partial charge in [-0.15, -0.1) is 0 Å². The van der Waals surface area contributed by atoms with Crippen LogP contribution in [-0.4, -0.2) is 36.0 Å². The number of aryl methyl sites for hydroxylation is 1. The molecule has 0 unspecified atom stereocenters. The summed E-state index contributed by atoms with van der Waals surface area (Å²) in [6, 6.07) is 6.74. The zero-order chi connectivity index (χ0) is 15.6. The van der Waals surface area contributed by atoms with Gasteiger partial charge in [-0.2, -0.15) is 0 Å². The number of hydrogen-bond donors (Lipinski definition) is 1. The highest BCUT2D eigenvalue weighted by Gasteiger charge is 2.49. The van der Waals surface area contributed by atoms with Gasteiger partial charge < -0.3 is 10.1 Å². The molecule has 1 N–H and O–H groups in total. The number of rotatable bonds is 4. The minimum Gasteiger partial charge on any atom is -0.465 e. The van der Waals surface area contributed by atoms with Crippen molar-refractivity contribution in [1.82, 2.24) is 10.2 Å². The first-order chi connectivity index (χ1) is 9.88. The number of imide groups is 1. The molecule has 1 aromatic carbocycles. The second-order valence-corrected chi connectivity index (χ2v) is 5.12. The summed E-state index contributed by atoms with van der Waals surface area (Å²) in [6.45, 7) is 5.06. The van der Waals surface area contributed by atoms with Crippen LogP contribution in [0, 0.1) is 6.92 Å². The van der Waals surface area contributed by atoms with Gasteiger partial charge >= 0.3 is 12.0 Å². The highest BCUT2D eigenvalue weighted by atomic mass is 16.5. The number of hydrogen-bond acceptors (Lipinski definition) is 4. The fraction of sp³-hybridized carbons (Fsp3) is 0.400. The van der Waals surface area contributed by atoms with Gasteiger partial charge in [-0.25, -0.2) is 4.79 Å². The second-order valence-electron chi connectivity index (χ2n) is 5.12. The Balaban J connectivity index is 2.24. The first-order valence-corrected chi connectivity index (χ1v) is 6.75. The number of esters is 1. The molecule has 1 heterocycles. The Kier molecular flexibility index (Phi) is 3.97. The summed E-state index contributed by atoms with van der Waals surface area (Å²) in [5.74, 6) is -1.06. The molecular weight excluding hydrogens is 272 g/mol. The van der Waals surface area contributed by atoms with Crippen LogP contribution in [0.1, 0.15) is 25.0 Å². The topological polar surface area (TPSA) is 75.7 Å². The van der Waals surface area contributed by atoms with Crippen molar-refractivity contribution >= 4 is 17.9 Å². The van der Waals surface area contributed by atoms with Crippen LogP contribution in [0.2, 0.25) is 0 Å². The Morgan fingerprint density at radius 1 is 1.29 bits per heavy atom. The van der Waals surface area contributed by atoms with Crippen molar-refractivity contribution in [3.63, 3.8) is 0 Å². The van der Waals surface area contributed by atoms with Crippen molar-refractivity contribution in [3.8, 4) is 0 Å². The van der Waals surface area contributed by atoms with Gasteiger partial charge in [-0.1, -0.05) is 29.8 Å². The lowest BCUT2D eigenvalue weighted by Crippen LogP contribution is -2.41. The molecule has 0 saturated carbocycles. The molecule has 112 valence electrons. The molecule has 1 aliphatic rings. The molecule has 21 heavy (non-hydrogen) atoms. The summed E-state index contributed by atoms with van der Waals surface area (Å²) in [5.41, 5.74) is 0.581. The average Bonchev–Trinajstić information content (AvgIpc) is 2.64. The van der Waals surface area contributed by atoms with Crippen LogP contribution < -0.4 is 5.32 Å². The third kappa shape index (κ3) is 2.74. The third-order valence-corrected chi connectivity index (χ3v) is 3.50. The molecule has 3 amide bonds. The standard InChI is InChI=1S/C15H18N2O4/c1-4-21-12(18)9-17-13(19)15(3,16-14(17)20)11-7-5-10(2)6-8-11/h5-8H,4,9H2,1-3H3,(H,16,20)/t15-/m1/s1. The molecular formula is C15H18N2O4. The predicted molar refractivity (Wildman–Crippen MR) is 75.4 cm³/mol. The Bertz CT molecular complexity index is 582. The van der Waals surface area contributed by atoms with E-state index in [0.717, 1.165) is 10.5 Å². The number of urea groups is 1. The van der Waals surface area contributed by atoms with E-state index in [1.165, 1.54) is 0 Å². The van der Waals surface area contributed by atoms with Gasteiger partial charge in [0.05, 0.1) is 6.61 Å². The number of ether oxygens (including phenoxy) is 1. The molecule has 0 aromatic heterocycles. The van der Waals surface area contributed by atoms with Crippen LogP contribution in [0.25, 0.3) is 0 Å². The monoisotopic (exact) mass is 290 g/mol. The van der Waals surface area contributed by atoms with E-state index in [4.69, 9.17) is 4.74 Å². The number of benzene rings is 1. The van der Waals surface area contributed by atoms with Gasteiger partial charge in [0.1, 0.15) is 12.1 Å². The number of nitrogens with zero attached hydrogens (tertiary/aromatic N) is 1. The predicted octanol–water partition coefficient (Wildman–Crippen LogP) is 1.33. The SMILES string of the molecule is CCOC(=O)CN1C(=O)N[C@](C)(c2ccc(C)cc2)C1=O. The minimum absolute atomic E-state index is 0.206. The van der Waals surface area contributed by atoms with Crippen molar-refractivity contribution in [3.05, 3.63) is 35.4 Å². The van der Waals surface area contributed by atoms with Crippen molar-refractivity contribution in [2.24, 2.45) is 0 Å². The van der Waals surface area contributed by atoms with Gasteiger partial charge in [-0.05, 0) is 26.3 Å². The molecule has 0 spiro atoms. The lowest BCUT2D eigenvalue weighted by atomic mass is 9.91. The average molecular weight is 290 g/mol. The van der Waals surface area contributed by atoms with Crippen molar-refractivity contribution in [2.75, 3.05) is 13.2 Å². The minimum atomic E-state index is -1.16. The lowest BCUT2D eigenvalue weighted by molar-refractivity contribution is -0.147. The number of carbonyl (C=O) groups excluding carboxylic acids is 3. The van der Waals surface area contributed by atoms with Crippen molar-refractivity contribution in [1.29, 1.82) is 0 Å². The van der Waals surface area contributed by atoms with E-state index in [2.05, 4.69) is 5.32 Å². The first-order valence-electron chi connectivity index (χ1n) is 6.75. The molecule has 1 atom stereocenters. The molecule has 6 heteroatoms. The highest BCUT2D eigenvalue weighted by Crippen LogP contribution is 2.28. The van der Waals surface area contributed by atoms with Gasteiger partial charge in [-0.3, -0.25) is 14.5 Å². The summed E-state index contributed by atoms with van der Waals surface area (Å²) in [6.07, 6.45) is 0. The van der Waals surface area contributed by atoms with Gasteiger partial charge in [0, 0.05) is 0 Å². The molecule has 0 radical (unpaired) electrons. The Hall–Kier alpha value is -2.37. The fourth-order valence-electron chi connectivity index (χ4n) is 2.26. The van der Waals surface area contributed by atoms with E-state index in [0.29, 0.717) is 5.56 Å². The fourth-order valence-corrected chi connectivity index (χ4v) is 2.26. The first kappa shape index (κ1) is 15.0. The van der Waals surface area contributed by atoms with Crippen LogP contribution in [0.3, 0.4) is 0 Å². The molecule has 6 nitrogen and oxygen atoms in total. The molecule has 1 fully saturated rings. The summed E-state index contributed by atoms with van der Waals surface area (Å²) < 4.78 is 4.78. The van der Waals surface area contributed by atoms with Crippen molar-refractivity contribution in [2.45, 2.75) is 26.3 Å². The van der Waals surface area contributed by atoms with E-state index in [9.17, 15) is 14.4 Å². The lowest BCUT2D eigenvalue weighted by Gasteiger charge is -2.22. The van der Waals surface area contributed by atoms with E-state index in [1.54, 1.807) is 26.0 Å². The molecule has 1 saturated heterocycles. The second kappa shape index (κ2) is 5.55.